The molecule has 4 rings (SSSR count). The standard InChI is InChI=1S/C24H20BrN3O/c1-28(2)19-13-11-18(12-14-19)26-24(29)21-15-23(16-7-9-17(25)10-8-16)27-22-6-4-3-5-20(21)22/h3-15H,1-2H3,(H,26,29). The van der Waals surface area contributed by atoms with Gasteiger partial charge in [-0.05, 0) is 48.5 Å². The molecule has 0 aliphatic carbocycles. The van der Waals surface area contributed by atoms with Crippen LogP contribution in [0.4, 0.5) is 11.4 Å². The normalized spacial score (nSPS) is 10.7. The van der Waals surface area contributed by atoms with Gasteiger partial charge < -0.3 is 10.2 Å². The maximum Gasteiger partial charge on any atom is 0.256 e. The van der Waals surface area contributed by atoms with Crippen molar-refractivity contribution in [1.29, 1.82) is 0 Å². The van der Waals surface area contributed by atoms with Crippen LogP contribution in [0, 0.1) is 0 Å². The first kappa shape index (κ1) is 19.2. The fourth-order valence-electron chi connectivity index (χ4n) is 3.17. The number of anilines is 2. The van der Waals surface area contributed by atoms with E-state index in [-0.39, 0.29) is 5.91 Å². The minimum atomic E-state index is -0.153. The first-order chi connectivity index (χ1) is 14.0. The van der Waals surface area contributed by atoms with Crippen LogP contribution in [0.2, 0.25) is 0 Å². The van der Waals surface area contributed by atoms with E-state index >= 15 is 0 Å². The van der Waals surface area contributed by atoms with Gasteiger partial charge in [-0.15, -0.1) is 0 Å². The second-order valence-electron chi connectivity index (χ2n) is 6.97. The average molecular weight is 446 g/mol. The molecule has 4 nitrogen and oxygen atoms in total. The van der Waals surface area contributed by atoms with Gasteiger partial charge >= 0.3 is 0 Å². The molecule has 29 heavy (non-hydrogen) atoms. The van der Waals surface area contributed by atoms with Crippen molar-refractivity contribution in [3.05, 3.63) is 88.9 Å². The van der Waals surface area contributed by atoms with Crippen LogP contribution in [0.5, 0.6) is 0 Å². The Morgan fingerprint density at radius 1 is 0.931 bits per heavy atom. The van der Waals surface area contributed by atoms with Crippen molar-refractivity contribution < 1.29 is 4.79 Å². The molecule has 0 bridgehead atoms. The molecule has 0 atom stereocenters. The lowest BCUT2D eigenvalue weighted by molar-refractivity contribution is 0.102. The van der Waals surface area contributed by atoms with E-state index in [0.29, 0.717) is 5.56 Å². The highest BCUT2D eigenvalue weighted by Gasteiger charge is 2.14. The van der Waals surface area contributed by atoms with Crippen molar-refractivity contribution in [3.63, 3.8) is 0 Å². The molecule has 0 aliphatic heterocycles. The Hall–Kier alpha value is -3.18. The lowest BCUT2D eigenvalue weighted by Gasteiger charge is -2.14. The molecule has 0 saturated heterocycles. The smallest absolute Gasteiger partial charge is 0.256 e. The quantitative estimate of drug-likeness (QED) is 0.419. The Labute approximate surface area is 178 Å². The SMILES string of the molecule is CN(C)c1ccc(NC(=O)c2cc(-c3ccc(Br)cc3)nc3ccccc23)cc1. The summed E-state index contributed by atoms with van der Waals surface area (Å²) in [7, 11) is 3.97. The van der Waals surface area contributed by atoms with Crippen molar-refractivity contribution in [2.75, 3.05) is 24.3 Å². The third-order valence-corrected chi connectivity index (χ3v) is 5.27. The number of carbonyl (C=O) groups is 1. The number of halogens is 1. The third kappa shape index (κ3) is 4.15. The number of hydrogen-bond donors (Lipinski definition) is 1. The topological polar surface area (TPSA) is 45.2 Å². The predicted molar refractivity (Wildman–Crippen MR) is 124 cm³/mol. The summed E-state index contributed by atoms with van der Waals surface area (Å²) < 4.78 is 1.00. The summed E-state index contributed by atoms with van der Waals surface area (Å²) in [4.78, 5) is 19.9. The van der Waals surface area contributed by atoms with Crippen LogP contribution >= 0.6 is 15.9 Å². The second kappa shape index (κ2) is 8.05. The highest BCUT2D eigenvalue weighted by Crippen LogP contribution is 2.27. The minimum absolute atomic E-state index is 0.153. The molecule has 0 saturated carbocycles. The summed E-state index contributed by atoms with van der Waals surface area (Å²) >= 11 is 3.46. The first-order valence-corrected chi connectivity index (χ1v) is 10.0. The van der Waals surface area contributed by atoms with Gasteiger partial charge in [-0.3, -0.25) is 4.79 Å². The Bertz CT molecular complexity index is 1170. The first-order valence-electron chi connectivity index (χ1n) is 9.26. The Balaban J connectivity index is 1.73. The van der Waals surface area contributed by atoms with E-state index in [1.165, 1.54) is 0 Å². The fraction of sp³-hybridized carbons (Fsp3) is 0.0833. The van der Waals surface area contributed by atoms with Gasteiger partial charge in [0, 0.05) is 40.9 Å². The highest BCUT2D eigenvalue weighted by molar-refractivity contribution is 9.10. The monoisotopic (exact) mass is 445 g/mol. The lowest BCUT2D eigenvalue weighted by Crippen LogP contribution is -2.13. The van der Waals surface area contributed by atoms with E-state index in [1.54, 1.807) is 0 Å². The van der Waals surface area contributed by atoms with Crippen molar-refractivity contribution in [2.45, 2.75) is 0 Å². The minimum Gasteiger partial charge on any atom is -0.378 e. The molecule has 0 aliphatic rings. The molecule has 1 amide bonds. The van der Waals surface area contributed by atoms with Crippen LogP contribution in [0.25, 0.3) is 22.2 Å². The number of benzene rings is 3. The molecule has 4 aromatic rings. The van der Waals surface area contributed by atoms with E-state index in [9.17, 15) is 4.79 Å². The number of fused-ring (bicyclic) bond motifs is 1. The maximum absolute atomic E-state index is 13.1. The number of nitrogens with zero attached hydrogens (tertiary/aromatic N) is 2. The number of amides is 1. The number of rotatable bonds is 4. The zero-order chi connectivity index (χ0) is 20.4. The van der Waals surface area contributed by atoms with Gasteiger partial charge in [-0.1, -0.05) is 46.3 Å². The van der Waals surface area contributed by atoms with Gasteiger partial charge in [-0.25, -0.2) is 4.98 Å². The van der Waals surface area contributed by atoms with Crippen LogP contribution in [0.15, 0.2) is 83.3 Å². The summed E-state index contributed by atoms with van der Waals surface area (Å²) in [5, 5.41) is 3.84. The summed E-state index contributed by atoms with van der Waals surface area (Å²) in [5.74, 6) is -0.153. The van der Waals surface area contributed by atoms with Crippen molar-refractivity contribution >= 4 is 44.1 Å². The van der Waals surface area contributed by atoms with Crippen LogP contribution in [-0.2, 0) is 0 Å². The highest BCUT2D eigenvalue weighted by atomic mass is 79.9. The molecule has 1 aromatic heterocycles. The van der Waals surface area contributed by atoms with E-state index in [4.69, 9.17) is 4.98 Å². The van der Waals surface area contributed by atoms with E-state index in [2.05, 4.69) is 21.2 Å². The number of para-hydroxylation sites is 1. The maximum atomic E-state index is 13.1. The number of pyridine rings is 1. The molecule has 5 heteroatoms. The van der Waals surface area contributed by atoms with Crippen molar-refractivity contribution in [3.8, 4) is 11.3 Å². The number of aromatic nitrogens is 1. The summed E-state index contributed by atoms with van der Waals surface area (Å²) in [6, 6.07) is 25.3. The van der Waals surface area contributed by atoms with Crippen molar-refractivity contribution in [2.24, 2.45) is 0 Å². The Morgan fingerprint density at radius 3 is 2.31 bits per heavy atom. The number of nitrogens with one attached hydrogen (secondary N) is 1. The molecular weight excluding hydrogens is 426 g/mol. The van der Waals surface area contributed by atoms with E-state index < -0.39 is 0 Å². The summed E-state index contributed by atoms with van der Waals surface area (Å²) in [6.07, 6.45) is 0. The van der Waals surface area contributed by atoms with E-state index in [0.717, 1.165) is 38.0 Å². The van der Waals surface area contributed by atoms with Gasteiger partial charge in [0.25, 0.3) is 5.91 Å². The van der Waals surface area contributed by atoms with Crippen LogP contribution in [-0.4, -0.2) is 25.0 Å². The third-order valence-electron chi connectivity index (χ3n) is 4.74. The molecule has 0 unspecified atom stereocenters. The zero-order valence-electron chi connectivity index (χ0n) is 16.2. The zero-order valence-corrected chi connectivity index (χ0v) is 17.8. The van der Waals surface area contributed by atoms with Gasteiger partial charge in [-0.2, -0.15) is 0 Å². The van der Waals surface area contributed by atoms with Crippen LogP contribution in [0.1, 0.15) is 10.4 Å². The molecule has 144 valence electrons. The molecule has 1 N–H and O–H groups in total. The fourth-order valence-corrected chi connectivity index (χ4v) is 3.44. The number of hydrogen-bond acceptors (Lipinski definition) is 3. The van der Waals surface area contributed by atoms with E-state index in [1.807, 2.05) is 97.9 Å². The molecule has 3 aromatic carbocycles. The summed E-state index contributed by atoms with van der Waals surface area (Å²) in [6.45, 7) is 0. The lowest BCUT2D eigenvalue weighted by atomic mass is 10.0. The van der Waals surface area contributed by atoms with Gasteiger partial charge in [0.2, 0.25) is 0 Å². The van der Waals surface area contributed by atoms with Crippen LogP contribution in [0.3, 0.4) is 0 Å². The Morgan fingerprint density at radius 2 is 1.62 bits per heavy atom. The molecule has 0 fully saturated rings. The molecule has 1 heterocycles. The van der Waals surface area contributed by atoms with Gasteiger partial charge in [0.05, 0.1) is 16.8 Å². The van der Waals surface area contributed by atoms with Gasteiger partial charge in [0.1, 0.15) is 0 Å². The second-order valence-corrected chi connectivity index (χ2v) is 7.89. The van der Waals surface area contributed by atoms with Crippen LogP contribution < -0.4 is 10.2 Å². The largest absolute Gasteiger partial charge is 0.378 e. The number of carbonyl (C=O) groups excluding carboxylic acids is 1. The summed E-state index contributed by atoms with van der Waals surface area (Å²) in [5.41, 5.74) is 4.96. The molecular formula is C24H20BrN3O. The van der Waals surface area contributed by atoms with Crippen molar-refractivity contribution in [1.82, 2.24) is 4.98 Å². The average Bonchev–Trinajstić information content (AvgIpc) is 2.74. The molecule has 0 radical (unpaired) electrons. The Kier molecular flexibility index (Phi) is 5.32. The predicted octanol–water partition coefficient (Wildman–Crippen LogP) is 5.98. The van der Waals surface area contributed by atoms with Gasteiger partial charge in [0.15, 0.2) is 0 Å². The molecule has 0 spiro atoms.